The molecule has 0 saturated heterocycles. The third-order valence-corrected chi connectivity index (χ3v) is 2.91. The Morgan fingerprint density at radius 1 is 1.21 bits per heavy atom. The molecule has 19 heavy (non-hydrogen) atoms. The van der Waals surface area contributed by atoms with E-state index in [-0.39, 0.29) is 5.02 Å². The van der Waals surface area contributed by atoms with Crippen molar-refractivity contribution in [2.75, 3.05) is 12.4 Å². The maximum absolute atomic E-state index is 13.5. The fourth-order valence-electron chi connectivity index (χ4n) is 1.58. The number of benzene rings is 1. The van der Waals surface area contributed by atoms with Crippen LogP contribution in [0.1, 0.15) is 5.56 Å². The molecule has 0 fully saturated rings. The Balaban J connectivity index is 2.35. The second-order valence-electron chi connectivity index (χ2n) is 3.80. The predicted octanol–water partition coefficient (Wildman–Crippen LogP) is 3.39. The van der Waals surface area contributed by atoms with E-state index in [0.29, 0.717) is 23.2 Å². The average Bonchev–Trinajstić information content (AvgIpc) is 2.36. The van der Waals surface area contributed by atoms with Crippen molar-refractivity contribution in [2.45, 2.75) is 6.54 Å². The summed E-state index contributed by atoms with van der Waals surface area (Å²) in [6.07, 6.45) is 1.34. The summed E-state index contributed by atoms with van der Waals surface area (Å²) in [5, 5.41) is 6.36. The van der Waals surface area contributed by atoms with Crippen LogP contribution in [0.4, 0.5) is 15.9 Å². The topological polar surface area (TPSA) is 49.8 Å². The first kappa shape index (κ1) is 14.0. The molecule has 100 valence electrons. The quantitative estimate of drug-likeness (QED) is 0.850. The highest BCUT2D eigenvalue weighted by Gasteiger charge is 2.09. The third-order valence-electron chi connectivity index (χ3n) is 2.41. The molecule has 0 spiro atoms. The van der Waals surface area contributed by atoms with Gasteiger partial charge >= 0.3 is 0 Å². The van der Waals surface area contributed by atoms with Crippen molar-refractivity contribution in [3.05, 3.63) is 46.1 Å². The van der Waals surface area contributed by atoms with Gasteiger partial charge in [-0.3, -0.25) is 0 Å². The fourth-order valence-corrected chi connectivity index (χ4v) is 1.89. The van der Waals surface area contributed by atoms with E-state index < -0.39 is 5.82 Å². The molecule has 7 heteroatoms. The van der Waals surface area contributed by atoms with E-state index in [9.17, 15) is 4.39 Å². The van der Waals surface area contributed by atoms with Gasteiger partial charge in [0.15, 0.2) is 0 Å². The van der Waals surface area contributed by atoms with E-state index in [2.05, 4.69) is 20.6 Å². The molecule has 0 unspecified atom stereocenters. The van der Waals surface area contributed by atoms with Crippen LogP contribution in [-0.4, -0.2) is 17.0 Å². The molecule has 2 N–H and O–H groups in total. The lowest BCUT2D eigenvalue weighted by Gasteiger charge is -2.12. The van der Waals surface area contributed by atoms with Crippen molar-refractivity contribution in [3.63, 3.8) is 0 Å². The average molecular weight is 301 g/mol. The van der Waals surface area contributed by atoms with Crippen LogP contribution in [0.3, 0.4) is 0 Å². The first-order valence-corrected chi connectivity index (χ1v) is 6.23. The number of hydrogen-bond acceptors (Lipinski definition) is 4. The minimum atomic E-state index is -0.460. The minimum absolute atomic E-state index is 0.0440. The summed E-state index contributed by atoms with van der Waals surface area (Å²) in [7, 11) is 1.78. The highest BCUT2D eigenvalue weighted by atomic mass is 35.5. The lowest BCUT2D eigenvalue weighted by Crippen LogP contribution is -2.08. The van der Waals surface area contributed by atoms with Crippen LogP contribution in [-0.2, 0) is 6.54 Å². The summed E-state index contributed by atoms with van der Waals surface area (Å²) in [6, 6.07) is 4.46. The molecule has 0 radical (unpaired) electrons. The highest BCUT2D eigenvalue weighted by molar-refractivity contribution is 6.31. The van der Waals surface area contributed by atoms with Crippen molar-refractivity contribution in [1.82, 2.24) is 15.3 Å². The maximum Gasteiger partial charge on any atom is 0.142 e. The molecule has 0 saturated carbocycles. The van der Waals surface area contributed by atoms with E-state index >= 15 is 0 Å². The second kappa shape index (κ2) is 6.14. The van der Waals surface area contributed by atoms with Gasteiger partial charge in [0.05, 0.1) is 5.02 Å². The molecule has 0 aliphatic rings. The van der Waals surface area contributed by atoms with Crippen molar-refractivity contribution in [3.8, 4) is 0 Å². The van der Waals surface area contributed by atoms with E-state index in [1.165, 1.54) is 18.5 Å². The number of rotatable bonds is 4. The van der Waals surface area contributed by atoms with Gasteiger partial charge in [0.1, 0.15) is 23.1 Å². The molecule has 1 aromatic carbocycles. The van der Waals surface area contributed by atoms with Crippen molar-refractivity contribution in [1.29, 1.82) is 0 Å². The van der Waals surface area contributed by atoms with Crippen LogP contribution in [0.15, 0.2) is 24.5 Å². The molecule has 0 aliphatic heterocycles. The van der Waals surface area contributed by atoms with Crippen molar-refractivity contribution in [2.24, 2.45) is 0 Å². The molecule has 0 amide bonds. The number of hydrogen-bond donors (Lipinski definition) is 2. The Morgan fingerprint density at radius 2 is 2.00 bits per heavy atom. The van der Waals surface area contributed by atoms with Crippen LogP contribution in [0.5, 0.6) is 0 Å². The monoisotopic (exact) mass is 300 g/mol. The van der Waals surface area contributed by atoms with Gasteiger partial charge in [-0.05, 0) is 24.7 Å². The molecular formula is C12H11Cl2FN4. The minimum Gasteiger partial charge on any atom is -0.340 e. The Hall–Kier alpha value is -1.43. The van der Waals surface area contributed by atoms with E-state index in [0.717, 1.165) is 5.56 Å². The van der Waals surface area contributed by atoms with Crippen LogP contribution >= 0.6 is 23.2 Å². The molecule has 0 bridgehead atoms. The summed E-state index contributed by atoms with van der Waals surface area (Å²) in [4.78, 5) is 7.81. The van der Waals surface area contributed by atoms with Gasteiger partial charge in [-0.25, -0.2) is 14.4 Å². The number of anilines is 2. The number of aromatic nitrogens is 2. The van der Waals surface area contributed by atoms with Gasteiger partial charge in [0, 0.05) is 18.3 Å². The predicted molar refractivity (Wildman–Crippen MR) is 74.5 cm³/mol. The lowest BCUT2D eigenvalue weighted by atomic mass is 10.1. The van der Waals surface area contributed by atoms with Crippen LogP contribution < -0.4 is 10.6 Å². The molecule has 1 aromatic heterocycles. The molecule has 0 aliphatic carbocycles. The first-order valence-electron chi connectivity index (χ1n) is 5.47. The molecule has 1 heterocycles. The number of halogens is 3. The van der Waals surface area contributed by atoms with E-state index in [4.69, 9.17) is 23.2 Å². The zero-order valence-electron chi connectivity index (χ0n) is 10.0. The smallest absolute Gasteiger partial charge is 0.142 e. The molecule has 0 atom stereocenters. The van der Waals surface area contributed by atoms with Crippen molar-refractivity contribution < 1.29 is 4.39 Å². The first-order chi connectivity index (χ1) is 9.10. The zero-order valence-corrected chi connectivity index (χ0v) is 11.6. The van der Waals surface area contributed by atoms with E-state index in [1.807, 2.05) is 0 Å². The summed E-state index contributed by atoms with van der Waals surface area (Å²) in [5.74, 6) is 0.0539. The van der Waals surface area contributed by atoms with Gasteiger partial charge in [0.25, 0.3) is 0 Å². The van der Waals surface area contributed by atoms with Crippen LogP contribution in [0, 0.1) is 5.82 Å². The summed E-state index contributed by atoms with van der Waals surface area (Å²) < 4.78 is 13.5. The van der Waals surface area contributed by atoms with E-state index in [1.54, 1.807) is 13.1 Å². The van der Waals surface area contributed by atoms with Crippen LogP contribution in [0.2, 0.25) is 10.2 Å². The second-order valence-corrected chi connectivity index (χ2v) is 4.60. The number of nitrogens with zero attached hydrogens (tertiary/aromatic N) is 2. The Bertz CT molecular complexity index is 592. The summed E-state index contributed by atoms with van der Waals surface area (Å²) in [5.41, 5.74) is 1.40. The molecular weight excluding hydrogens is 290 g/mol. The molecule has 2 rings (SSSR count). The summed E-state index contributed by atoms with van der Waals surface area (Å²) >= 11 is 11.6. The van der Waals surface area contributed by atoms with Crippen LogP contribution in [0.25, 0.3) is 0 Å². The van der Waals surface area contributed by atoms with Gasteiger partial charge < -0.3 is 10.6 Å². The molecule has 2 aromatic rings. The van der Waals surface area contributed by atoms with Gasteiger partial charge in [0.2, 0.25) is 0 Å². The van der Waals surface area contributed by atoms with Gasteiger partial charge in [-0.1, -0.05) is 23.2 Å². The Kier molecular flexibility index (Phi) is 4.52. The standard InChI is InChI=1S/C12H11Cl2FN4/c1-16-5-7-2-9(15)8(13)3-10(7)19-12-4-11(14)17-6-18-12/h2-4,6,16H,5H2,1H3,(H,17,18,19). The summed E-state index contributed by atoms with van der Waals surface area (Å²) in [6.45, 7) is 0.495. The lowest BCUT2D eigenvalue weighted by molar-refractivity contribution is 0.624. The maximum atomic E-state index is 13.5. The highest BCUT2D eigenvalue weighted by Crippen LogP contribution is 2.27. The third kappa shape index (κ3) is 3.53. The zero-order chi connectivity index (χ0) is 13.8. The largest absolute Gasteiger partial charge is 0.340 e. The Labute approximate surface area is 120 Å². The van der Waals surface area contributed by atoms with Gasteiger partial charge in [-0.2, -0.15) is 0 Å². The fraction of sp³-hybridized carbons (Fsp3) is 0.167. The Morgan fingerprint density at radius 3 is 2.68 bits per heavy atom. The number of nitrogens with one attached hydrogen (secondary N) is 2. The van der Waals surface area contributed by atoms with Gasteiger partial charge in [-0.15, -0.1) is 0 Å². The van der Waals surface area contributed by atoms with Crippen molar-refractivity contribution >= 4 is 34.7 Å². The normalized spacial score (nSPS) is 10.5. The molecule has 4 nitrogen and oxygen atoms in total. The SMILES string of the molecule is CNCc1cc(F)c(Cl)cc1Nc1cc(Cl)ncn1.